The standard InChI is InChI=1S/C42H77N7O10/c1-24(2)16-30(46-36(52)18-28(9)45-39(55)23-33(27(7)8)49-41(58)59-42(11,12)13)20-35(51)43-15-14-34(50)48-32(26(5)6)22-38(54)44-29(10)19-37(53)47-31(17-25(3)4)21-40(56)57/h24-33H,14-23H2,1-13H3,(H,43,51)(H,44,54)(H,45,55)(H,46,52)(H,47,53)(H,48,50)(H,49,58)(H,56,57)/t28-,29-,30-,31-,32+,33+/m0/s1. The SMILES string of the molecule is CC(C)C[C@@H](CC(=O)O)NC(=O)C[C@H](C)NC(=O)C[C@@H](NC(=O)CCNC(=O)C[C@H](CC(C)C)NC(=O)C[C@H](C)NC(=O)C[C@@H](NC(=O)OC(C)(C)C)C(C)C)C(C)C. The van der Waals surface area contributed by atoms with Crippen LogP contribution in [0.1, 0.15) is 148 Å². The van der Waals surface area contributed by atoms with Crippen molar-refractivity contribution in [1.82, 2.24) is 37.2 Å². The fourth-order valence-corrected chi connectivity index (χ4v) is 6.29. The number of carboxylic acid groups (broad SMARTS) is 1. The van der Waals surface area contributed by atoms with E-state index in [-0.39, 0.29) is 111 Å². The quantitative estimate of drug-likeness (QED) is 0.0596. The molecule has 0 fully saturated rings. The molecule has 0 aromatic rings. The minimum absolute atomic E-state index is 0.00409. The van der Waals surface area contributed by atoms with E-state index >= 15 is 0 Å². The van der Waals surface area contributed by atoms with E-state index in [1.165, 1.54) is 0 Å². The fourth-order valence-electron chi connectivity index (χ4n) is 6.29. The van der Waals surface area contributed by atoms with E-state index in [4.69, 9.17) is 9.84 Å². The lowest BCUT2D eigenvalue weighted by Crippen LogP contribution is -2.46. The normalized spacial score (nSPS) is 14.7. The van der Waals surface area contributed by atoms with Gasteiger partial charge < -0.3 is 47.1 Å². The third-order valence-electron chi connectivity index (χ3n) is 9.04. The molecule has 0 aromatic heterocycles. The number of rotatable bonds is 27. The molecule has 0 aromatic carbocycles. The van der Waals surface area contributed by atoms with Gasteiger partial charge in [-0.25, -0.2) is 4.79 Å². The number of carbonyl (C=O) groups excluding carboxylic acids is 7. The number of ether oxygens (including phenoxy) is 1. The number of hydrogen-bond acceptors (Lipinski definition) is 9. The molecule has 0 heterocycles. The molecule has 340 valence electrons. The van der Waals surface area contributed by atoms with Gasteiger partial charge in [-0.15, -0.1) is 0 Å². The Labute approximate surface area is 352 Å². The molecule has 8 N–H and O–H groups in total. The van der Waals surface area contributed by atoms with Gasteiger partial charge in [0.15, 0.2) is 0 Å². The molecule has 0 radical (unpaired) electrons. The molecule has 0 spiro atoms. The number of nitrogens with one attached hydrogen (secondary N) is 7. The molecule has 59 heavy (non-hydrogen) atoms. The summed E-state index contributed by atoms with van der Waals surface area (Å²) in [4.78, 5) is 100. The van der Waals surface area contributed by atoms with Crippen LogP contribution in [0.15, 0.2) is 0 Å². The van der Waals surface area contributed by atoms with Crippen molar-refractivity contribution in [3.8, 4) is 0 Å². The lowest BCUT2D eigenvalue weighted by molar-refractivity contribution is -0.138. The van der Waals surface area contributed by atoms with E-state index in [0.717, 1.165) is 0 Å². The van der Waals surface area contributed by atoms with Crippen LogP contribution < -0.4 is 37.2 Å². The van der Waals surface area contributed by atoms with Crippen LogP contribution in [0.2, 0.25) is 0 Å². The number of carboxylic acids is 1. The van der Waals surface area contributed by atoms with Gasteiger partial charge in [-0.3, -0.25) is 33.6 Å². The number of aliphatic carboxylic acids is 1. The van der Waals surface area contributed by atoms with E-state index in [2.05, 4.69) is 37.2 Å². The molecule has 17 heteroatoms. The van der Waals surface area contributed by atoms with Gasteiger partial charge in [-0.1, -0.05) is 55.4 Å². The first-order valence-electron chi connectivity index (χ1n) is 21.1. The van der Waals surface area contributed by atoms with Gasteiger partial charge in [0.2, 0.25) is 35.4 Å². The van der Waals surface area contributed by atoms with Crippen LogP contribution in [-0.4, -0.2) is 101 Å². The average Bonchev–Trinajstić information content (AvgIpc) is 3.01. The van der Waals surface area contributed by atoms with Gasteiger partial charge in [0.1, 0.15) is 5.60 Å². The van der Waals surface area contributed by atoms with Crippen molar-refractivity contribution in [3.05, 3.63) is 0 Å². The summed E-state index contributed by atoms with van der Waals surface area (Å²) in [6.45, 7) is 24.0. The van der Waals surface area contributed by atoms with Crippen molar-refractivity contribution in [2.45, 2.75) is 190 Å². The average molecular weight is 840 g/mol. The Morgan fingerprint density at radius 1 is 0.492 bits per heavy atom. The number of hydrogen-bond donors (Lipinski definition) is 8. The Bertz CT molecular complexity index is 1380. The van der Waals surface area contributed by atoms with E-state index in [1.54, 1.807) is 34.6 Å². The van der Waals surface area contributed by atoms with Crippen LogP contribution in [0.4, 0.5) is 4.79 Å². The first-order valence-corrected chi connectivity index (χ1v) is 21.1. The van der Waals surface area contributed by atoms with Crippen molar-refractivity contribution in [2.75, 3.05) is 6.54 Å². The summed E-state index contributed by atoms with van der Waals surface area (Å²) in [6, 6.07) is -3.01. The summed E-state index contributed by atoms with van der Waals surface area (Å²) in [7, 11) is 0. The summed E-state index contributed by atoms with van der Waals surface area (Å²) < 4.78 is 5.32. The van der Waals surface area contributed by atoms with Crippen LogP contribution in [0.25, 0.3) is 0 Å². The molecular weight excluding hydrogens is 763 g/mol. The number of amides is 7. The first-order chi connectivity index (χ1) is 27.1. The van der Waals surface area contributed by atoms with Gasteiger partial charge in [-0.2, -0.15) is 0 Å². The Morgan fingerprint density at radius 2 is 0.898 bits per heavy atom. The molecule has 0 saturated heterocycles. The summed E-state index contributed by atoms with van der Waals surface area (Å²) in [5, 5.41) is 28.7. The highest BCUT2D eigenvalue weighted by Gasteiger charge is 2.26. The molecule has 0 aliphatic heterocycles. The third kappa shape index (κ3) is 28.6. The molecule has 0 rings (SSSR count). The first kappa shape index (κ1) is 54.6. The van der Waals surface area contributed by atoms with Crippen molar-refractivity contribution < 1.29 is 48.2 Å². The van der Waals surface area contributed by atoms with Crippen LogP contribution >= 0.6 is 0 Å². The minimum atomic E-state index is -1.00. The van der Waals surface area contributed by atoms with Gasteiger partial charge in [0.25, 0.3) is 0 Å². The van der Waals surface area contributed by atoms with Gasteiger partial charge in [0.05, 0.1) is 6.42 Å². The lowest BCUT2D eigenvalue weighted by Gasteiger charge is -2.26. The number of alkyl carbamates (subject to hydrolysis) is 1. The molecule has 0 saturated carbocycles. The van der Waals surface area contributed by atoms with E-state index in [0.29, 0.717) is 12.8 Å². The highest BCUT2D eigenvalue weighted by Crippen LogP contribution is 2.13. The molecule has 0 unspecified atom stereocenters. The van der Waals surface area contributed by atoms with Crippen molar-refractivity contribution in [3.63, 3.8) is 0 Å². The Hall–Kier alpha value is -4.44. The molecular formula is C42H77N7O10. The Balaban J connectivity index is 4.96. The summed E-state index contributed by atoms with van der Waals surface area (Å²) in [6.07, 6.45) is 0.105. The zero-order valence-electron chi connectivity index (χ0n) is 38.0. The zero-order chi connectivity index (χ0) is 45.6. The van der Waals surface area contributed by atoms with Crippen molar-refractivity contribution >= 4 is 47.5 Å². The smallest absolute Gasteiger partial charge is 0.407 e. The molecule has 0 aliphatic rings. The van der Waals surface area contributed by atoms with Crippen LogP contribution in [0, 0.1) is 23.7 Å². The van der Waals surface area contributed by atoms with Gasteiger partial charge >= 0.3 is 12.1 Å². The maximum Gasteiger partial charge on any atom is 0.407 e. The topological polar surface area (TPSA) is 250 Å². The summed E-state index contributed by atoms with van der Waals surface area (Å²) in [5.74, 6) is -2.89. The third-order valence-corrected chi connectivity index (χ3v) is 9.04. The zero-order valence-corrected chi connectivity index (χ0v) is 38.0. The van der Waals surface area contributed by atoms with E-state index in [9.17, 15) is 38.4 Å². The maximum atomic E-state index is 13.0. The summed E-state index contributed by atoms with van der Waals surface area (Å²) in [5.41, 5.74) is -0.682. The molecule has 17 nitrogen and oxygen atoms in total. The number of carbonyl (C=O) groups is 8. The fraction of sp³-hybridized carbons (Fsp3) is 0.810. The second-order valence-corrected chi connectivity index (χ2v) is 18.4. The van der Waals surface area contributed by atoms with Gasteiger partial charge in [0, 0.05) is 81.3 Å². The maximum absolute atomic E-state index is 13.0. The van der Waals surface area contributed by atoms with Crippen LogP contribution in [-0.2, 0) is 38.3 Å². The highest BCUT2D eigenvalue weighted by atomic mass is 16.6. The largest absolute Gasteiger partial charge is 0.481 e. The van der Waals surface area contributed by atoms with Gasteiger partial charge in [-0.05, 0) is 71.1 Å². The Kier molecular flexibility index (Phi) is 25.3. The minimum Gasteiger partial charge on any atom is -0.481 e. The molecule has 7 amide bonds. The predicted molar refractivity (Wildman–Crippen MR) is 226 cm³/mol. The second kappa shape index (κ2) is 27.3. The monoisotopic (exact) mass is 840 g/mol. The second-order valence-electron chi connectivity index (χ2n) is 18.4. The van der Waals surface area contributed by atoms with Crippen LogP contribution in [0.3, 0.4) is 0 Å². The highest BCUT2D eigenvalue weighted by molar-refractivity contribution is 5.83. The van der Waals surface area contributed by atoms with E-state index < -0.39 is 53.9 Å². The Morgan fingerprint density at radius 3 is 1.29 bits per heavy atom. The van der Waals surface area contributed by atoms with Crippen molar-refractivity contribution in [2.24, 2.45) is 23.7 Å². The van der Waals surface area contributed by atoms with E-state index in [1.807, 2.05) is 55.4 Å². The molecule has 0 aliphatic carbocycles. The summed E-state index contributed by atoms with van der Waals surface area (Å²) >= 11 is 0. The molecule has 6 atom stereocenters. The molecule has 0 bridgehead atoms. The van der Waals surface area contributed by atoms with Crippen molar-refractivity contribution in [1.29, 1.82) is 0 Å². The van der Waals surface area contributed by atoms with Crippen LogP contribution in [0.5, 0.6) is 0 Å². The lowest BCUT2D eigenvalue weighted by atomic mass is 9.99. The predicted octanol–water partition coefficient (Wildman–Crippen LogP) is 3.68.